The molecule has 14 heavy (non-hydrogen) atoms. The standard InChI is InChI=1S/C2H3N.2ClHO4.Fe/c1-2-3;2*2-1(3,4)5;/h1H3;2*(H,2,3,4,5);/q;;;+2/p-2. The molecule has 12 heteroatoms. The molecule has 0 radical (unpaired) electrons. The normalized spacial score (nSPS) is 9.14. The molecule has 0 amide bonds. The number of hydrogen-bond donors (Lipinski definition) is 0. The minimum atomic E-state index is -4.94. The van der Waals surface area contributed by atoms with Crippen molar-refractivity contribution < 1.29 is 74.8 Å². The van der Waals surface area contributed by atoms with Crippen molar-refractivity contribution >= 4 is 0 Å². The average molecular weight is 296 g/mol. The molecule has 0 aromatic heterocycles. The van der Waals surface area contributed by atoms with Crippen molar-refractivity contribution in [1.82, 2.24) is 0 Å². The summed E-state index contributed by atoms with van der Waals surface area (Å²) >= 11 is 0. The van der Waals surface area contributed by atoms with E-state index in [2.05, 4.69) is 0 Å². The van der Waals surface area contributed by atoms with Gasteiger partial charge in [0.2, 0.25) is 0 Å². The first-order valence-electron chi connectivity index (χ1n) is 1.96. The number of halogens is 2. The second kappa shape index (κ2) is 11.3. The van der Waals surface area contributed by atoms with Gasteiger partial charge in [-0.3, -0.25) is 0 Å². The SMILES string of the molecule is CC#N.[Fe+2].[O-][Cl+3]([O-])([O-])[O-].[O-][Cl+3]([O-])([O-])[O-]. The molecule has 0 saturated carbocycles. The van der Waals surface area contributed by atoms with Gasteiger partial charge in [-0.25, -0.2) is 37.3 Å². The van der Waals surface area contributed by atoms with Crippen LogP contribution < -0.4 is 37.3 Å². The van der Waals surface area contributed by atoms with Gasteiger partial charge in [0.15, 0.2) is 0 Å². The zero-order chi connectivity index (χ0) is 11.7. The Morgan fingerprint density at radius 2 is 0.786 bits per heavy atom. The van der Waals surface area contributed by atoms with Crippen molar-refractivity contribution in [2.45, 2.75) is 6.92 Å². The van der Waals surface area contributed by atoms with Crippen LogP contribution in [-0.4, -0.2) is 0 Å². The van der Waals surface area contributed by atoms with Crippen molar-refractivity contribution in [3.8, 4) is 6.07 Å². The third-order valence-electron chi connectivity index (χ3n) is 0. The van der Waals surface area contributed by atoms with Crippen LogP contribution in [0.5, 0.6) is 0 Å². The van der Waals surface area contributed by atoms with Crippen molar-refractivity contribution in [2.24, 2.45) is 0 Å². The zero-order valence-corrected chi connectivity index (χ0v) is 8.94. The molecule has 9 nitrogen and oxygen atoms in total. The Hall–Kier alpha value is 0.269. The van der Waals surface area contributed by atoms with Gasteiger partial charge in [0, 0.05) is 6.92 Å². The Morgan fingerprint density at radius 3 is 0.786 bits per heavy atom. The van der Waals surface area contributed by atoms with Crippen LogP contribution in [0.15, 0.2) is 0 Å². The molecule has 0 N–H and O–H groups in total. The molecule has 0 fully saturated rings. The molecule has 0 heterocycles. The van der Waals surface area contributed by atoms with E-state index in [9.17, 15) is 0 Å². The van der Waals surface area contributed by atoms with E-state index in [-0.39, 0.29) is 17.1 Å². The summed E-state index contributed by atoms with van der Waals surface area (Å²) in [6, 6.07) is 1.75. The van der Waals surface area contributed by atoms with Gasteiger partial charge in [-0.15, -0.1) is 20.5 Å². The van der Waals surface area contributed by atoms with E-state index in [0.29, 0.717) is 0 Å². The molecule has 0 spiro atoms. The predicted octanol–water partition coefficient (Wildman–Crippen LogP) is -8.98. The summed E-state index contributed by atoms with van der Waals surface area (Å²) in [6.07, 6.45) is 0. The molecule has 0 bridgehead atoms. The van der Waals surface area contributed by atoms with E-state index in [4.69, 9.17) is 42.5 Å². The first-order chi connectivity index (χ1) is 5.41. The molecule has 0 aromatic rings. The van der Waals surface area contributed by atoms with Crippen LogP contribution in [-0.2, 0) is 17.1 Å². The van der Waals surface area contributed by atoms with Crippen LogP contribution in [0.3, 0.4) is 0 Å². The average Bonchev–Trinajstić information content (AvgIpc) is 1.52. The van der Waals surface area contributed by atoms with Crippen molar-refractivity contribution in [2.75, 3.05) is 0 Å². The Labute approximate surface area is 93.4 Å². The second-order valence-corrected chi connectivity index (χ2v) is 2.49. The van der Waals surface area contributed by atoms with Crippen molar-refractivity contribution in [3.05, 3.63) is 0 Å². The van der Waals surface area contributed by atoms with E-state index in [1.165, 1.54) is 6.92 Å². The molecule has 0 aromatic carbocycles. The molecule has 86 valence electrons. The summed E-state index contributed by atoms with van der Waals surface area (Å²) in [6.45, 7) is 1.43. The Kier molecular flexibility index (Phi) is 19.3. The predicted molar refractivity (Wildman–Crippen MR) is 11.3 cm³/mol. The summed E-state index contributed by atoms with van der Waals surface area (Å²) in [5, 5.41) is 7.32. The first-order valence-corrected chi connectivity index (χ1v) is 4.43. The van der Waals surface area contributed by atoms with E-state index >= 15 is 0 Å². The monoisotopic (exact) mass is 295 g/mol. The largest absolute Gasteiger partial charge is 2.00 e. The van der Waals surface area contributed by atoms with Gasteiger partial charge in [0.1, 0.15) is 0 Å². The maximum Gasteiger partial charge on any atom is 2.00 e. The molecular weight excluding hydrogens is 293 g/mol. The molecule has 0 aliphatic heterocycles. The van der Waals surface area contributed by atoms with Crippen molar-refractivity contribution in [1.29, 1.82) is 5.26 Å². The minimum Gasteiger partial charge on any atom is -0.222 e. The summed E-state index contributed by atoms with van der Waals surface area (Å²) in [5.74, 6) is 0. The Balaban J connectivity index is -0.0000000535. The smallest absolute Gasteiger partial charge is 0.222 e. The summed E-state index contributed by atoms with van der Waals surface area (Å²) in [7, 11) is -9.89. The fourth-order valence-electron chi connectivity index (χ4n) is 0. The quantitative estimate of drug-likeness (QED) is 0.388. The molecule has 0 aliphatic rings. The maximum atomic E-state index is 8.49. The summed E-state index contributed by atoms with van der Waals surface area (Å²) < 4.78 is 67.9. The van der Waals surface area contributed by atoms with Gasteiger partial charge in [0.25, 0.3) is 0 Å². The fraction of sp³-hybridized carbons (Fsp3) is 0.500. The first kappa shape index (κ1) is 23.8. The third kappa shape index (κ3) is 21500. The topological polar surface area (TPSA) is 208 Å². The van der Waals surface area contributed by atoms with E-state index in [0.717, 1.165) is 0 Å². The molecular formula is C2H3Cl2FeNO8. The van der Waals surface area contributed by atoms with Gasteiger partial charge in [0.05, 0.1) is 6.07 Å². The van der Waals surface area contributed by atoms with Crippen molar-refractivity contribution in [3.63, 3.8) is 0 Å². The fourth-order valence-corrected chi connectivity index (χ4v) is 0. The van der Waals surface area contributed by atoms with Gasteiger partial charge < -0.3 is 0 Å². The third-order valence-corrected chi connectivity index (χ3v) is 0. The second-order valence-electron chi connectivity index (χ2n) is 0.980. The van der Waals surface area contributed by atoms with Crippen LogP contribution in [0.4, 0.5) is 0 Å². The van der Waals surface area contributed by atoms with E-state index in [1.54, 1.807) is 6.07 Å². The minimum absolute atomic E-state index is 0. The van der Waals surface area contributed by atoms with Gasteiger partial charge in [-0.1, -0.05) is 0 Å². The molecule has 0 atom stereocenters. The number of nitrogens with zero attached hydrogens (tertiary/aromatic N) is 1. The molecule has 0 saturated heterocycles. The van der Waals surface area contributed by atoms with Crippen LogP contribution in [0.1, 0.15) is 6.92 Å². The Morgan fingerprint density at radius 1 is 0.786 bits per heavy atom. The van der Waals surface area contributed by atoms with Gasteiger partial charge in [-0.05, 0) is 0 Å². The molecule has 0 unspecified atom stereocenters. The summed E-state index contributed by atoms with van der Waals surface area (Å²) in [4.78, 5) is 0. The van der Waals surface area contributed by atoms with Crippen LogP contribution >= 0.6 is 0 Å². The van der Waals surface area contributed by atoms with Crippen LogP contribution in [0.2, 0.25) is 0 Å². The maximum absolute atomic E-state index is 8.49. The van der Waals surface area contributed by atoms with E-state index in [1.807, 2.05) is 0 Å². The molecule has 0 rings (SSSR count). The number of hydrogen-bond acceptors (Lipinski definition) is 9. The number of rotatable bonds is 0. The van der Waals surface area contributed by atoms with Crippen LogP contribution in [0, 0.1) is 31.8 Å². The van der Waals surface area contributed by atoms with Gasteiger partial charge in [-0.2, -0.15) is 5.26 Å². The molecule has 0 aliphatic carbocycles. The van der Waals surface area contributed by atoms with E-state index < -0.39 is 20.5 Å². The number of nitriles is 1. The Bertz CT molecular complexity index is 123. The zero-order valence-electron chi connectivity index (χ0n) is 6.32. The van der Waals surface area contributed by atoms with Gasteiger partial charge >= 0.3 is 17.1 Å². The summed E-state index contributed by atoms with van der Waals surface area (Å²) in [5.41, 5.74) is 0. The van der Waals surface area contributed by atoms with Crippen LogP contribution in [0.25, 0.3) is 0 Å².